The summed E-state index contributed by atoms with van der Waals surface area (Å²) in [4.78, 5) is 0. The first-order valence-corrected chi connectivity index (χ1v) is 15.1. The quantitative estimate of drug-likeness (QED) is 0.171. The fourth-order valence-electron chi connectivity index (χ4n) is 5.28. The van der Waals surface area contributed by atoms with Crippen molar-refractivity contribution in [2.45, 2.75) is 6.16 Å². The molecule has 39 heavy (non-hydrogen) atoms. The van der Waals surface area contributed by atoms with Crippen LogP contribution in [0.25, 0.3) is 22.9 Å². The van der Waals surface area contributed by atoms with Crippen LogP contribution >= 0.6 is 7.26 Å². The summed E-state index contributed by atoms with van der Waals surface area (Å²) in [6, 6.07) is 57.6. The monoisotopic (exact) mass is 584 g/mol. The van der Waals surface area contributed by atoms with E-state index in [0.717, 1.165) is 6.16 Å². The Morgan fingerprint density at radius 1 is 0.410 bits per heavy atom. The Kier molecular flexibility index (Phi) is 8.52. The Morgan fingerprint density at radius 2 is 0.846 bits per heavy atom. The molecule has 6 aromatic carbocycles. The summed E-state index contributed by atoms with van der Waals surface area (Å²) in [5.74, 6) is 0. The topological polar surface area (TPSA) is 0 Å². The van der Waals surface area contributed by atoms with Crippen LogP contribution in [0.2, 0.25) is 0 Å². The first kappa shape index (κ1) is 26.8. The van der Waals surface area contributed by atoms with Gasteiger partial charge in [0, 0.05) is 0 Å². The summed E-state index contributed by atoms with van der Waals surface area (Å²) in [5.41, 5.74) is 3.79. The highest BCUT2D eigenvalue weighted by Gasteiger charge is 2.45. The van der Waals surface area contributed by atoms with Gasteiger partial charge in [0.15, 0.2) is 0 Å². The molecule has 0 amide bonds. The molecule has 0 saturated carbocycles. The molecule has 2 heteroatoms. The van der Waals surface area contributed by atoms with Crippen LogP contribution in [0.1, 0.15) is 16.7 Å². The summed E-state index contributed by atoms with van der Waals surface area (Å²) in [6.07, 6.45) is 5.40. The molecule has 0 aliphatic heterocycles. The molecule has 0 atom stereocenters. The third-order valence-electron chi connectivity index (χ3n) is 7.23. The van der Waals surface area contributed by atoms with Gasteiger partial charge in [0.2, 0.25) is 0 Å². The van der Waals surface area contributed by atoms with E-state index in [4.69, 9.17) is 0 Å². The average Bonchev–Trinajstić information content (AvgIpc) is 3.01. The molecule has 6 aromatic rings. The van der Waals surface area contributed by atoms with Gasteiger partial charge >= 0.3 is 0 Å². The minimum atomic E-state index is -1.89. The van der Waals surface area contributed by atoms with Crippen molar-refractivity contribution >= 4 is 46.1 Å². The maximum absolute atomic E-state index is 2.31. The van der Waals surface area contributed by atoms with Gasteiger partial charge in [-0.05, 0) is 69.9 Å². The van der Waals surface area contributed by atoms with Crippen molar-refractivity contribution in [3.05, 3.63) is 174 Å². The van der Waals surface area contributed by atoms with Gasteiger partial charge in [0.1, 0.15) is 23.2 Å². The molecular formula is C37H30BrP. The molecule has 0 N–H and O–H groups in total. The first-order chi connectivity index (χ1) is 18.8. The number of benzene rings is 6. The lowest BCUT2D eigenvalue weighted by Crippen LogP contribution is -3.00. The van der Waals surface area contributed by atoms with E-state index in [0.29, 0.717) is 0 Å². The Morgan fingerprint density at radius 3 is 1.38 bits per heavy atom. The van der Waals surface area contributed by atoms with Crippen molar-refractivity contribution in [1.82, 2.24) is 0 Å². The standard InChI is InChI=1S/C37H30P.BrH/c1-4-14-35(15-5-1)38(36-16-6-2-7-17-36,37-18-8-3-9-19-37)29-32-24-21-30(22-25-32)20-23-31-26-27-33-12-10-11-13-34(33)28-31;/h1-28H,29H2;1H/q+1;/p-1/b23-20+;. The molecule has 0 radical (unpaired) electrons. The maximum atomic E-state index is 2.31. The van der Waals surface area contributed by atoms with Crippen molar-refractivity contribution < 1.29 is 17.0 Å². The van der Waals surface area contributed by atoms with Crippen LogP contribution in [0.3, 0.4) is 0 Å². The van der Waals surface area contributed by atoms with E-state index >= 15 is 0 Å². The van der Waals surface area contributed by atoms with Crippen molar-refractivity contribution in [3.8, 4) is 0 Å². The van der Waals surface area contributed by atoms with Gasteiger partial charge in [-0.25, -0.2) is 0 Å². The number of hydrogen-bond acceptors (Lipinski definition) is 0. The van der Waals surface area contributed by atoms with Gasteiger partial charge in [0.25, 0.3) is 0 Å². The van der Waals surface area contributed by atoms with Crippen molar-refractivity contribution in [3.63, 3.8) is 0 Å². The molecule has 0 unspecified atom stereocenters. The zero-order chi connectivity index (χ0) is 25.6. The third-order valence-corrected chi connectivity index (χ3v) is 11.6. The fourth-order valence-corrected chi connectivity index (χ4v) is 9.52. The summed E-state index contributed by atoms with van der Waals surface area (Å²) in [6.45, 7) is 0. The molecule has 190 valence electrons. The van der Waals surface area contributed by atoms with E-state index < -0.39 is 7.26 Å². The van der Waals surface area contributed by atoms with E-state index in [-0.39, 0.29) is 17.0 Å². The molecule has 0 spiro atoms. The van der Waals surface area contributed by atoms with Gasteiger partial charge in [-0.15, -0.1) is 0 Å². The van der Waals surface area contributed by atoms with Crippen LogP contribution in [0, 0.1) is 0 Å². The third kappa shape index (κ3) is 5.81. The minimum Gasteiger partial charge on any atom is -1.00 e. The number of rotatable bonds is 7. The fraction of sp³-hybridized carbons (Fsp3) is 0.0270. The molecular weight excluding hydrogens is 555 g/mol. The zero-order valence-electron chi connectivity index (χ0n) is 21.7. The molecule has 0 bridgehead atoms. The number of halogens is 1. The summed E-state index contributed by atoms with van der Waals surface area (Å²) < 4.78 is 0. The molecule has 0 aromatic heterocycles. The average molecular weight is 586 g/mol. The highest BCUT2D eigenvalue weighted by atomic mass is 79.9. The van der Waals surface area contributed by atoms with E-state index in [9.17, 15) is 0 Å². The van der Waals surface area contributed by atoms with E-state index in [1.807, 2.05) is 0 Å². The van der Waals surface area contributed by atoms with Crippen LogP contribution in [-0.2, 0) is 6.16 Å². The second-order valence-corrected chi connectivity index (χ2v) is 13.1. The normalized spacial score (nSPS) is 11.4. The van der Waals surface area contributed by atoms with Gasteiger partial charge in [0.05, 0.1) is 6.16 Å². The van der Waals surface area contributed by atoms with E-state index in [1.54, 1.807) is 0 Å². The lowest BCUT2D eigenvalue weighted by molar-refractivity contribution is -0.00000719. The van der Waals surface area contributed by atoms with Crippen LogP contribution in [0.4, 0.5) is 0 Å². The maximum Gasteiger partial charge on any atom is 0.116 e. The number of fused-ring (bicyclic) bond motifs is 1. The van der Waals surface area contributed by atoms with Gasteiger partial charge in [-0.1, -0.05) is 127 Å². The molecule has 0 aliphatic carbocycles. The summed E-state index contributed by atoms with van der Waals surface area (Å²) >= 11 is 0. The molecule has 6 rings (SSSR count). The second kappa shape index (κ2) is 12.4. The van der Waals surface area contributed by atoms with E-state index in [1.165, 1.54) is 43.4 Å². The minimum absolute atomic E-state index is 0. The Balaban J connectivity index is 0.00000308. The van der Waals surface area contributed by atoms with Crippen molar-refractivity contribution in [2.75, 3.05) is 0 Å². The molecule has 0 fully saturated rings. The van der Waals surface area contributed by atoms with Crippen molar-refractivity contribution in [1.29, 1.82) is 0 Å². The largest absolute Gasteiger partial charge is 1.00 e. The van der Waals surface area contributed by atoms with Crippen LogP contribution < -0.4 is 32.9 Å². The van der Waals surface area contributed by atoms with Crippen LogP contribution in [0.5, 0.6) is 0 Å². The number of hydrogen-bond donors (Lipinski definition) is 0. The van der Waals surface area contributed by atoms with Crippen molar-refractivity contribution in [2.24, 2.45) is 0 Å². The lowest BCUT2D eigenvalue weighted by Gasteiger charge is -2.28. The van der Waals surface area contributed by atoms with Crippen LogP contribution in [0.15, 0.2) is 158 Å². The highest BCUT2D eigenvalue weighted by Crippen LogP contribution is 2.58. The predicted molar refractivity (Wildman–Crippen MR) is 168 cm³/mol. The Labute approximate surface area is 242 Å². The van der Waals surface area contributed by atoms with Gasteiger partial charge in [-0.3, -0.25) is 0 Å². The summed E-state index contributed by atoms with van der Waals surface area (Å²) in [5, 5.41) is 6.79. The summed E-state index contributed by atoms with van der Waals surface area (Å²) in [7, 11) is -1.89. The molecule has 0 heterocycles. The molecule has 0 aliphatic rings. The second-order valence-electron chi connectivity index (χ2n) is 9.66. The smallest absolute Gasteiger partial charge is 0.116 e. The Hall–Kier alpha value is -3.77. The predicted octanol–water partition coefficient (Wildman–Crippen LogP) is 5.51. The molecule has 0 saturated heterocycles. The van der Waals surface area contributed by atoms with Crippen LogP contribution in [-0.4, -0.2) is 0 Å². The highest BCUT2D eigenvalue weighted by molar-refractivity contribution is 7.95. The lowest BCUT2D eigenvalue weighted by atomic mass is 10.1. The van der Waals surface area contributed by atoms with Gasteiger partial charge < -0.3 is 17.0 Å². The molecule has 0 nitrogen and oxygen atoms in total. The zero-order valence-corrected chi connectivity index (χ0v) is 24.2. The Bertz CT molecular complexity index is 1560. The SMILES string of the molecule is C(=C\c1ccc2ccccc2c1)/c1ccc(C[P+](c2ccccc2)(c2ccccc2)c2ccccc2)cc1.[Br-]. The van der Waals surface area contributed by atoms with E-state index in [2.05, 4.69) is 170 Å². The first-order valence-electron chi connectivity index (χ1n) is 13.1. The van der Waals surface area contributed by atoms with Gasteiger partial charge in [-0.2, -0.15) is 0 Å².